The largest absolute Gasteiger partial charge is 0.507 e. The number of carbonyl (C=O) groups is 1. The van der Waals surface area contributed by atoms with Crippen LogP contribution in [0, 0.1) is 0 Å². The van der Waals surface area contributed by atoms with Gasteiger partial charge >= 0.3 is 0 Å². The number of aromatic hydroxyl groups is 1. The number of carbonyl (C=O) groups excluding carboxylic acids is 1. The van der Waals surface area contributed by atoms with Gasteiger partial charge in [0, 0.05) is 10.4 Å². The maximum Gasteiger partial charge on any atom is 0.245 e. The first kappa shape index (κ1) is 13.3. The lowest BCUT2D eigenvalue weighted by atomic mass is 10.1. The van der Waals surface area contributed by atoms with E-state index in [-0.39, 0.29) is 11.7 Å². The molecule has 2 N–H and O–H groups in total. The molecule has 0 fully saturated rings. The third-order valence-corrected chi connectivity index (χ3v) is 3.43. The van der Waals surface area contributed by atoms with E-state index in [2.05, 4.69) is 10.5 Å². The van der Waals surface area contributed by atoms with Crippen molar-refractivity contribution in [3.63, 3.8) is 0 Å². The minimum Gasteiger partial charge on any atom is -0.507 e. The lowest BCUT2D eigenvalue weighted by molar-refractivity contribution is -0.120. The van der Waals surface area contributed by atoms with Crippen LogP contribution in [0.15, 0.2) is 46.9 Å². The van der Waals surface area contributed by atoms with E-state index in [0.29, 0.717) is 17.7 Å². The van der Waals surface area contributed by atoms with Gasteiger partial charge in [-0.25, -0.2) is 5.43 Å². The smallest absolute Gasteiger partial charge is 0.245 e. The van der Waals surface area contributed by atoms with Crippen LogP contribution in [0.3, 0.4) is 0 Å². The van der Waals surface area contributed by atoms with Crippen molar-refractivity contribution in [3.8, 4) is 5.75 Å². The Balaban J connectivity index is 1.98. The van der Waals surface area contributed by atoms with Crippen LogP contribution >= 0.6 is 11.3 Å². The quantitative estimate of drug-likeness (QED) is 0.665. The van der Waals surface area contributed by atoms with Crippen LogP contribution in [0.1, 0.15) is 17.4 Å². The molecule has 2 aromatic rings. The van der Waals surface area contributed by atoms with Gasteiger partial charge in [0.2, 0.25) is 5.91 Å². The minimum absolute atomic E-state index is 0.149. The van der Waals surface area contributed by atoms with Crippen molar-refractivity contribution >= 4 is 23.0 Å². The van der Waals surface area contributed by atoms with E-state index in [9.17, 15) is 9.90 Å². The number of para-hydroxylation sites is 1. The Morgan fingerprint density at radius 3 is 2.79 bits per heavy atom. The number of hydrazone groups is 1. The van der Waals surface area contributed by atoms with E-state index in [4.69, 9.17) is 0 Å². The third kappa shape index (κ3) is 3.66. The lowest BCUT2D eigenvalue weighted by Crippen LogP contribution is -2.20. The molecule has 0 radical (unpaired) electrons. The van der Waals surface area contributed by atoms with Crippen LogP contribution in [0.5, 0.6) is 5.75 Å². The summed E-state index contributed by atoms with van der Waals surface area (Å²) in [7, 11) is 0. The molecule has 0 atom stereocenters. The molecule has 5 heteroatoms. The average Bonchev–Trinajstić information content (AvgIpc) is 2.89. The molecule has 98 valence electrons. The van der Waals surface area contributed by atoms with Crippen LogP contribution in [-0.4, -0.2) is 16.7 Å². The Morgan fingerprint density at radius 2 is 2.11 bits per heavy atom. The summed E-state index contributed by atoms with van der Waals surface area (Å²) in [5.41, 5.74) is 3.67. The van der Waals surface area contributed by atoms with Crippen LogP contribution in [0.25, 0.3) is 0 Å². The van der Waals surface area contributed by atoms with Gasteiger partial charge in [-0.1, -0.05) is 18.2 Å². The van der Waals surface area contributed by atoms with E-state index >= 15 is 0 Å². The number of thiophene rings is 1. The van der Waals surface area contributed by atoms with Gasteiger partial charge in [-0.2, -0.15) is 5.10 Å². The number of amides is 1. The van der Waals surface area contributed by atoms with Gasteiger partial charge in [-0.05, 0) is 30.5 Å². The normalized spacial score (nSPS) is 11.3. The van der Waals surface area contributed by atoms with Gasteiger partial charge in [0.05, 0.1) is 12.1 Å². The molecule has 0 bridgehead atoms. The van der Waals surface area contributed by atoms with Gasteiger partial charge in [0.1, 0.15) is 5.75 Å². The molecule has 4 nitrogen and oxygen atoms in total. The summed E-state index contributed by atoms with van der Waals surface area (Å²) in [6.45, 7) is 1.74. The molecule has 0 spiro atoms. The molecule has 0 saturated carbocycles. The number of rotatable bonds is 4. The van der Waals surface area contributed by atoms with Crippen LogP contribution in [0.2, 0.25) is 0 Å². The Morgan fingerprint density at radius 1 is 1.32 bits per heavy atom. The van der Waals surface area contributed by atoms with Crippen molar-refractivity contribution in [3.05, 3.63) is 52.2 Å². The first-order valence-corrected chi connectivity index (χ1v) is 6.68. The van der Waals surface area contributed by atoms with Crippen molar-refractivity contribution in [1.29, 1.82) is 0 Å². The van der Waals surface area contributed by atoms with Gasteiger partial charge in [-0.15, -0.1) is 11.3 Å². The highest BCUT2D eigenvalue weighted by Gasteiger charge is 2.05. The Hall–Kier alpha value is -2.14. The van der Waals surface area contributed by atoms with Crippen molar-refractivity contribution in [2.45, 2.75) is 13.3 Å². The molecule has 0 aliphatic heterocycles. The Kier molecular flexibility index (Phi) is 4.30. The molecule has 1 aromatic carbocycles. The predicted octanol–water partition coefficient (Wildman–Crippen LogP) is 2.54. The van der Waals surface area contributed by atoms with Gasteiger partial charge < -0.3 is 5.11 Å². The minimum atomic E-state index is -0.169. The number of hydrogen-bond donors (Lipinski definition) is 2. The van der Waals surface area contributed by atoms with E-state index in [1.54, 1.807) is 25.1 Å². The first-order valence-electron chi connectivity index (χ1n) is 5.80. The summed E-state index contributed by atoms with van der Waals surface area (Å²) in [6.07, 6.45) is 0.315. The highest BCUT2D eigenvalue weighted by molar-refractivity contribution is 7.10. The number of phenols is 1. The van der Waals surface area contributed by atoms with Crippen molar-refractivity contribution in [2.75, 3.05) is 0 Å². The number of nitrogens with one attached hydrogen (secondary N) is 1. The van der Waals surface area contributed by atoms with Crippen LogP contribution < -0.4 is 5.43 Å². The van der Waals surface area contributed by atoms with E-state index in [0.717, 1.165) is 4.88 Å². The predicted molar refractivity (Wildman–Crippen MR) is 76.5 cm³/mol. The van der Waals surface area contributed by atoms with Gasteiger partial charge in [0.15, 0.2) is 0 Å². The van der Waals surface area contributed by atoms with Crippen molar-refractivity contribution in [2.24, 2.45) is 5.10 Å². The van der Waals surface area contributed by atoms with Crippen LogP contribution in [-0.2, 0) is 11.2 Å². The molecular formula is C14H14N2O2S. The molecule has 2 rings (SSSR count). The molecule has 1 amide bonds. The zero-order valence-electron chi connectivity index (χ0n) is 10.5. The Labute approximate surface area is 115 Å². The lowest BCUT2D eigenvalue weighted by Gasteiger charge is -2.04. The van der Waals surface area contributed by atoms with E-state index in [1.807, 2.05) is 23.6 Å². The number of benzene rings is 1. The zero-order valence-corrected chi connectivity index (χ0v) is 11.3. The fraction of sp³-hybridized carbons (Fsp3) is 0.143. The van der Waals surface area contributed by atoms with Crippen molar-refractivity contribution in [1.82, 2.24) is 5.43 Å². The summed E-state index contributed by atoms with van der Waals surface area (Å²) in [6, 6.07) is 10.7. The van der Waals surface area contributed by atoms with E-state index < -0.39 is 0 Å². The first-order chi connectivity index (χ1) is 9.16. The SMILES string of the molecule is CC(=NNC(=O)Cc1cccs1)c1ccccc1O. The molecule has 0 unspecified atom stereocenters. The van der Waals surface area contributed by atoms with Crippen LogP contribution in [0.4, 0.5) is 0 Å². The number of hydrogen-bond acceptors (Lipinski definition) is 4. The second kappa shape index (κ2) is 6.15. The summed E-state index contributed by atoms with van der Waals surface area (Å²) in [5.74, 6) is -0.0199. The molecule has 1 aromatic heterocycles. The Bertz CT molecular complexity index is 591. The standard InChI is InChI=1S/C14H14N2O2S/c1-10(12-6-2-3-7-13(12)17)15-16-14(18)9-11-5-4-8-19-11/h2-8,17H,9H2,1H3,(H,16,18). The molecule has 1 heterocycles. The molecule has 0 aliphatic rings. The fourth-order valence-corrected chi connectivity index (χ4v) is 2.30. The topological polar surface area (TPSA) is 61.7 Å². The summed E-state index contributed by atoms with van der Waals surface area (Å²) in [4.78, 5) is 12.7. The maximum atomic E-state index is 11.7. The van der Waals surface area contributed by atoms with Crippen molar-refractivity contribution < 1.29 is 9.90 Å². The molecule has 0 saturated heterocycles. The average molecular weight is 274 g/mol. The maximum absolute atomic E-state index is 11.7. The zero-order chi connectivity index (χ0) is 13.7. The second-order valence-electron chi connectivity index (χ2n) is 4.01. The third-order valence-electron chi connectivity index (χ3n) is 2.56. The summed E-state index contributed by atoms with van der Waals surface area (Å²) < 4.78 is 0. The summed E-state index contributed by atoms with van der Waals surface area (Å²) >= 11 is 1.54. The molecule has 19 heavy (non-hydrogen) atoms. The fourth-order valence-electron chi connectivity index (χ4n) is 1.60. The highest BCUT2D eigenvalue weighted by Crippen LogP contribution is 2.16. The second-order valence-corrected chi connectivity index (χ2v) is 5.04. The number of nitrogens with zero attached hydrogens (tertiary/aromatic N) is 1. The van der Waals surface area contributed by atoms with Gasteiger partial charge in [0.25, 0.3) is 0 Å². The van der Waals surface area contributed by atoms with Gasteiger partial charge in [-0.3, -0.25) is 4.79 Å². The number of phenolic OH excluding ortho intramolecular Hbond substituents is 1. The highest BCUT2D eigenvalue weighted by atomic mass is 32.1. The molecule has 0 aliphatic carbocycles. The molecular weight excluding hydrogens is 260 g/mol. The van der Waals surface area contributed by atoms with E-state index in [1.165, 1.54) is 11.3 Å². The monoisotopic (exact) mass is 274 g/mol. The summed E-state index contributed by atoms with van der Waals surface area (Å²) in [5, 5.41) is 15.6.